The SMILES string of the molecule is CC[Si](CC)(CC)Cc1cc(C)cc(C)c1P(c1ccccc1)c1ccccc1. The summed E-state index contributed by atoms with van der Waals surface area (Å²) in [7, 11) is -1.82. The van der Waals surface area contributed by atoms with E-state index in [4.69, 9.17) is 0 Å². The summed E-state index contributed by atoms with van der Waals surface area (Å²) < 4.78 is 0. The van der Waals surface area contributed by atoms with Crippen LogP contribution in [0.2, 0.25) is 18.1 Å². The standard InChI is InChI=1S/C27H35PSi/c1-6-29(7-2,8-3)21-24-20-22(4)19-23(5)27(24)28(25-15-11-9-12-16-25)26-17-13-10-14-18-26/h9-20H,6-8,21H2,1-5H3. The van der Waals surface area contributed by atoms with Gasteiger partial charge >= 0.3 is 0 Å². The molecule has 0 bridgehead atoms. The molecule has 0 saturated heterocycles. The normalized spacial score (nSPS) is 11.8. The van der Waals surface area contributed by atoms with Crippen molar-refractivity contribution in [3.05, 3.63) is 89.5 Å². The minimum absolute atomic E-state index is 0.546. The molecule has 3 rings (SSSR count). The Balaban J connectivity index is 2.23. The monoisotopic (exact) mass is 418 g/mol. The molecule has 0 saturated carbocycles. The number of rotatable bonds is 8. The lowest BCUT2D eigenvalue weighted by molar-refractivity contribution is 1.10. The van der Waals surface area contributed by atoms with Crippen molar-refractivity contribution in [3.8, 4) is 0 Å². The molecule has 0 atom stereocenters. The van der Waals surface area contributed by atoms with E-state index in [1.807, 2.05) is 0 Å². The molecule has 0 N–H and O–H groups in total. The van der Waals surface area contributed by atoms with Crippen LogP contribution >= 0.6 is 7.92 Å². The lowest BCUT2D eigenvalue weighted by Gasteiger charge is -2.32. The van der Waals surface area contributed by atoms with Gasteiger partial charge in [-0.1, -0.05) is 117 Å². The van der Waals surface area contributed by atoms with Crippen LogP contribution in [-0.4, -0.2) is 8.07 Å². The van der Waals surface area contributed by atoms with Gasteiger partial charge in [0, 0.05) is 0 Å². The zero-order valence-corrected chi connectivity index (χ0v) is 20.6. The maximum Gasteiger partial charge on any atom is 0.0571 e. The van der Waals surface area contributed by atoms with Crippen LogP contribution in [0.15, 0.2) is 72.8 Å². The van der Waals surface area contributed by atoms with Gasteiger partial charge in [-0.05, 0) is 54.9 Å². The molecule has 0 radical (unpaired) electrons. The summed E-state index contributed by atoms with van der Waals surface area (Å²) in [5, 5.41) is 4.52. The lowest BCUT2D eigenvalue weighted by Crippen LogP contribution is -2.37. The van der Waals surface area contributed by atoms with Crippen molar-refractivity contribution in [1.29, 1.82) is 0 Å². The van der Waals surface area contributed by atoms with Crippen LogP contribution in [0.5, 0.6) is 0 Å². The maximum absolute atomic E-state index is 2.51. The molecule has 0 unspecified atom stereocenters. The molecule has 0 aliphatic heterocycles. The Morgan fingerprint density at radius 3 is 1.62 bits per heavy atom. The molecule has 3 aromatic rings. The zero-order chi connectivity index (χ0) is 20.9. The summed E-state index contributed by atoms with van der Waals surface area (Å²) in [5.41, 5.74) is 4.49. The van der Waals surface area contributed by atoms with Gasteiger partial charge in [0.15, 0.2) is 0 Å². The maximum atomic E-state index is 2.51. The van der Waals surface area contributed by atoms with Crippen LogP contribution in [0.4, 0.5) is 0 Å². The Bertz CT molecular complexity index is 866. The summed E-state index contributed by atoms with van der Waals surface area (Å²) in [6.07, 6.45) is 0. The van der Waals surface area contributed by atoms with Crippen molar-refractivity contribution in [2.75, 3.05) is 0 Å². The Hall–Kier alpha value is -1.69. The van der Waals surface area contributed by atoms with Crippen molar-refractivity contribution in [1.82, 2.24) is 0 Å². The molecule has 0 aromatic heterocycles. The zero-order valence-electron chi connectivity index (χ0n) is 18.7. The third kappa shape index (κ3) is 4.90. The fourth-order valence-electron chi connectivity index (χ4n) is 4.59. The van der Waals surface area contributed by atoms with Gasteiger partial charge in [-0.15, -0.1) is 0 Å². The van der Waals surface area contributed by atoms with Crippen LogP contribution < -0.4 is 15.9 Å². The minimum atomic E-state index is -1.27. The predicted octanol–water partition coefficient (Wildman–Crippen LogP) is 6.65. The summed E-state index contributed by atoms with van der Waals surface area (Å²) in [6.45, 7) is 11.9. The molecule has 0 nitrogen and oxygen atoms in total. The van der Waals surface area contributed by atoms with Crippen LogP contribution in [0.3, 0.4) is 0 Å². The first-order valence-electron chi connectivity index (χ1n) is 11.0. The molecule has 0 heterocycles. The summed E-state index contributed by atoms with van der Waals surface area (Å²) in [6, 6.07) is 32.7. The average molecular weight is 419 g/mol. The van der Waals surface area contributed by atoms with E-state index in [0.29, 0.717) is 0 Å². The van der Waals surface area contributed by atoms with Crippen molar-refractivity contribution in [3.63, 3.8) is 0 Å². The fraction of sp³-hybridized carbons (Fsp3) is 0.333. The van der Waals surface area contributed by atoms with Gasteiger partial charge in [-0.25, -0.2) is 0 Å². The van der Waals surface area contributed by atoms with E-state index in [-0.39, 0.29) is 0 Å². The highest BCUT2D eigenvalue weighted by atomic mass is 31.1. The van der Waals surface area contributed by atoms with Gasteiger partial charge in [-0.2, -0.15) is 0 Å². The molecule has 3 aromatic carbocycles. The molecule has 152 valence electrons. The molecular weight excluding hydrogens is 383 g/mol. The topological polar surface area (TPSA) is 0 Å². The van der Waals surface area contributed by atoms with E-state index in [1.54, 1.807) is 10.9 Å². The van der Waals surface area contributed by atoms with Gasteiger partial charge in [0.25, 0.3) is 0 Å². The van der Waals surface area contributed by atoms with Gasteiger partial charge in [0.1, 0.15) is 0 Å². The molecule has 0 fully saturated rings. The Morgan fingerprint density at radius 1 is 0.690 bits per heavy atom. The van der Waals surface area contributed by atoms with E-state index in [9.17, 15) is 0 Å². The second-order valence-electron chi connectivity index (χ2n) is 8.33. The summed E-state index contributed by atoms with van der Waals surface area (Å²) in [5.74, 6) is 0. The van der Waals surface area contributed by atoms with Crippen LogP contribution in [0, 0.1) is 13.8 Å². The van der Waals surface area contributed by atoms with E-state index in [0.717, 1.165) is 0 Å². The largest absolute Gasteiger partial charge is 0.0678 e. The molecule has 0 spiro atoms. The highest BCUT2D eigenvalue weighted by molar-refractivity contribution is 7.80. The van der Waals surface area contributed by atoms with Crippen molar-refractivity contribution in [2.24, 2.45) is 0 Å². The molecular formula is C27H35PSi. The smallest absolute Gasteiger partial charge is 0.0571 e. The van der Waals surface area contributed by atoms with Gasteiger partial charge in [0.05, 0.1) is 8.07 Å². The van der Waals surface area contributed by atoms with Gasteiger partial charge in [0.2, 0.25) is 0 Å². The molecule has 0 aliphatic carbocycles. The highest BCUT2D eigenvalue weighted by Gasteiger charge is 2.30. The quantitative estimate of drug-likeness (QED) is 0.284. The lowest BCUT2D eigenvalue weighted by atomic mass is 10.1. The highest BCUT2D eigenvalue weighted by Crippen LogP contribution is 2.37. The van der Waals surface area contributed by atoms with Gasteiger partial charge in [-0.3, -0.25) is 0 Å². The van der Waals surface area contributed by atoms with Crippen LogP contribution in [0.1, 0.15) is 37.5 Å². The average Bonchev–Trinajstić information content (AvgIpc) is 2.75. The van der Waals surface area contributed by atoms with E-state index in [2.05, 4.69) is 107 Å². The predicted molar refractivity (Wildman–Crippen MR) is 136 cm³/mol. The second-order valence-corrected chi connectivity index (χ2v) is 16.0. The molecule has 0 amide bonds. The minimum Gasteiger partial charge on any atom is -0.0678 e. The van der Waals surface area contributed by atoms with E-state index < -0.39 is 16.0 Å². The Morgan fingerprint density at radius 2 is 1.17 bits per heavy atom. The first-order valence-corrected chi connectivity index (χ1v) is 15.2. The third-order valence-electron chi connectivity index (χ3n) is 6.59. The van der Waals surface area contributed by atoms with Crippen molar-refractivity contribution >= 4 is 31.9 Å². The van der Waals surface area contributed by atoms with Crippen LogP contribution in [0.25, 0.3) is 0 Å². The van der Waals surface area contributed by atoms with Crippen molar-refractivity contribution < 1.29 is 0 Å². The van der Waals surface area contributed by atoms with E-state index in [1.165, 1.54) is 45.9 Å². The number of benzene rings is 3. The van der Waals surface area contributed by atoms with Crippen LogP contribution in [-0.2, 0) is 6.04 Å². The number of hydrogen-bond donors (Lipinski definition) is 0. The molecule has 0 aliphatic rings. The Kier molecular flexibility index (Phi) is 7.49. The second kappa shape index (κ2) is 9.87. The third-order valence-corrected chi connectivity index (χ3v) is 14.9. The first-order chi connectivity index (χ1) is 14.0. The molecule has 2 heteroatoms. The van der Waals surface area contributed by atoms with Crippen molar-refractivity contribution in [2.45, 2.75) is 58.8 Å². The first kappa shape index (κ1) is 22.0. The Labute approximate surface area is 180 Å². The summed E-state index contributed by atoms with van der Waals surface area (Å²) in [4.78, 5) is 0. The fourth-order valence-corrected chi connectivity index (χ4v) is 10.7. The number of hydrogen-bond acceptors (Lipinski definition) is 0. The summed E-state index contributed by atoms with van der Waals surface area (Å²) >= 11 is 0. The van der Waals surface area contributed by atoms with E-state index >= 15 is 0 Å². The van der Waals surface area contributed by atoms with Gasteiger partial charge < -0.3 is 0 Å². The number of aryl methyl sites for hydroxylation is 2. The molecule has 29 heavy (non-hydrogen) atoms.